The fourth-order valence-corrected chi connectivity index (χ4v) is 2.09. The third-order valence-electron chi connectivity index (χ3n) is 2.99. The maximum atomic E-state index is 14.2. The first kappa shape index (κ1) is 11.6. The largest absolute Gasteiger partial charge is 0.481 e. The van der Waals surface area contributed by atoms with E-state index in [4.69, 9.17) is 5.11 Å². The van der Waals surface area contributed by atoms with Gasteiger partial charge in [-0.1, -0.05) is 26.0 Å². The van der Waals surface area contributed by atoms with E-state index in [1.54, 1.807) is 38.2 Å². The molecule has 90 valence electrons. The summed E-state index contributed by atoms with van der Waals surface area (Å²) in [5.41, 5.74) is 0.130. The second-order valence-corrected chi connectivity index (χ2v) is 4.82. The highest BCUT2D eigenvalue weighted by Gasteiger charge is 2.28. The van der Waals surface area contributed by atoms with Crippen LogP contribution in [0.1, 0.15) is 25.8 Å². The SMILES string of the molecule is CC(C)(CC(=O)O)c1ccc2cc[nH]c2c1F. The summed E-state index contributed by atoms with van der Waals surface area (Å²) in [5.74, 6) is -1.29. The number of aliphatic carboxylic acids is 1. The summed E-state index contributed by atoms with van der Waals surface area (Å²) in [4.78, 5) is 13.6. The first-order chi connectivity index (χ1) is 7.92. The molecule has 0 bridgehead atoms. The van der Waals surface area contributed by atoms with Crippen molar-refractivity contribution in [2.75, 3.05) is 0 Å². The Morgan fingerprint density at radius 3 is 2.76 bits per heavy atom. The highest BCUT2D eigenvalue weighted by atomic mass is 19.1. The maximum Gasteiger partial charge on any atom is 0.304 e. The van der Waals surface area contributed by atoms with Crippen molar-refractivity contribution in [3.8, 4) is 0 Å². The van der Waals surface area contributed by atoms with Crippen molar-refractivity contribution >= 4 is 16.9 Å². The van der Waals surface area contributed by atoms with Gasteiger partial charge in [-0.15, -0.1) is 0 Å². The summed E-state index contributed by atoms with van der Waals surface area (Å²) in [5, 5.41) is 9.63. The van der Waals surface area contributed by atoms with Gasteiger partial charge in [0.2, 0.25) is 0 Å². The Labute approximate surface area is 98.3 Å². The fraction of sp³-hybridized carbons (Fsp3) is 0.308. The zero-order chi connectivity index (χ0) is 12.6. The van der Waals surface area contributed by atoms with Gasteiger partial charge in [0, 0.05) is 17.0 Å². The summed E-state index contributed by atoms with van der Waals surface area (Å²) in [6.45, 7) is 3.46. The minimum Gasteiger partial charge on any atom is -0.481 e. The molecular weight excluding hydrogens is 221 g/mol. The second-order valence-electron chi connectivity index (χ2n) is 4.82. The van der Waals surface area contributed by atoms with Crippen LogP contribution < -0.4 is 0 Å². The van der Waals surface area contributed by atoms with Crippen LogP contribution in [-0.4, -0.2) is 16.1 Å². The molecule has 0 aliphatic heterocycles. The predicted molar refractivity (Wildman–Crippen MR) is 63.5 cm³/mol. The molecule has 3 nitrogen and oxygen atoms in total. The van der Waals surface area contributed by atoms with Crippen molar-refractivity contribution in [2.24, 2.45) is 0 Å². The molecule has 17 heavy (non-hydrogen) atoms. The summed E-state index contributed by atoms with van der Waals surface area (Å²) in [6.07, 6.45) is 1.57. The number of aromatic nitrogens is 1. The van der Waals surface area contributed by atoms with Crippen molar-refractivity contribution in [2.45, 2.75) is 25.7 Å². The number of hydrogen-bond acceptors (Lipinski definition) is 1. The molecule has 1 heterocycles. The molecule has 0 amide bonds. The van der Waals surface area contributed by atoms with Gasteiger partial charge >= 0.3 is 5.97 Å². The molecule has 2 N–H and O–H groups in total. The normalized spacial score (nSPS) is 11.9. The number of hydrogen-bond donors (Lipinski definition) is 2. The van der Waals surface area contributed by atoms with E-state index in [0.29, 0.717) is 11.1 Å². The highest BCUT2D eigenvalue weighted by molar-refractivity contribution is 5.81. The van der Waals surface area contributed by atoms with E-state index in [1.165, 1.54) is 0 Å². The number of aromatic amines is 1. The quantitative estimate of drug-likeness (QED) is 0.859. The lowest BCUT2D eigenvalue weighted by Gasteiger charge is -2.23. The lowest BCUT2D eigenvalue weighted by atomic mass is 9.81. The molecule has 0 saturated carbocycles. The number of halogens is 1. The number of fused-ring (bicyclic) bond motifs is 1. The smallest absolute Gasteiger partial charge is 0.304 e. The molecule has 0 spiro atoms. The summed E-state index contributed by atoms with van der Waals surface area (Å²) >= 11 is 0. The Balaban J connectivity index is 2.54. The molecule has 0 unspecified atom stereocenters. The third-order valence-corrected chi connectivity index (χ3v) is 2.99. The number of rotatable bonds is 3. The number of nitrogens with one attached hydrogen (secondary N) is 1. The van der Waals surface area contributed by atoms with Crippen LogP contribution in [0.2, 0.25) is 0 Å². The van der Waals surface area contributed by atoms with Crippen molar-refractivity contribution in [1.82, 2.24) is 4.98 Å². The molecule has 2 aromatic rings. The standard InChI is InChI=1S/C13H14FNO2/c1-13(2,7-10(16)17)9-4-3-8-5-6-15-12(8)11(9)14/h3-6,15H,7H2,1-2H3,(H,16,17). The minimum absolute atomic E-state index is 0.101. The third kappa shape index (κ3) is 2.02. The number of carboxylic acid groups (broad SMARTS) is 1. The lowest BCUT2D eigenvalue weighted by Crippen LogP contribution is -2.23. The van der Waals surface area contributed by atoms with Gasteiger partial charge in [0.25, 0.3) is 0 Å². The van der Waals surface area contributed by atoms with Crippen LogP contribution in [0, 0.1) is 5.82 Å². The van der Waals surface area contributed by atoms with Crippen LogP contribution in [0.5, 0.6) is 0 Å². The van der Waals surface area contributed by atoms with Crippen LogP contribution in [0.4, 0.5) is 4.39 Å². The van der Waals surface area contributed by atoms with Crippen LogP contribution in [-0.2, 0) is 10.2 Å². The summed E-state index contributed by atoms with van der Waals surface area (Å²) in [6, 6.07) is 5.24. The van der Waals surface area contributed by atoms with Gasteiger partial charge in [0.05, 0.1) is 11.9 Å². The van der Waals surface area contributed by atoms with Crippen LogP contribution in [0.25, 0.3) is 10.9 Å². The van der Waals surface area contributed by atoms with E-state index in [0.717, 1.165) is 5.39 Å². The van der Waals surface area contributed by atoms with Crippen LogP contribution in [0.3, 0.4) is 0 Å². The van der Waals surface area contributed by atoms with E-state index in [2.05, 4.69) is 4.98 Å². The molecule has 0 aliphatic rings. The first-order valence-electron chi connectivity index (χ1n) is 5.40. The average Bonchev–Trinajstić information content (AvgIpc) is 2.64. The van der Waals surface area contributed by atoms with Crippen LogP contribution in [0.15, 0.2) is 24.4 Å². The van der Waals surface area contributed by atoms with Gasteiger partial charge in [-0.25, -0.2) is 4.39 Å². The van der Waals surface area contributed by atoms with E-state index in [9.17, 15) is 9.18 Å². The van der Waals surface area contributed by atoms with Crippen molar-refractivity contribution in [3.05, 3.63) is 35.8 Å². The molecule has 0 atom stereocenters. The van der Waals surface area contributed by atoms with E-state index in [-0.39, 0.29) is 12.2 Å². The number of carbonyl (C=O) groups is 1. The van der Waals surface area contributed by atoms with Gasteiger partial charge in [0.15, 0.2) is 5.82 Å². The first-order valence-corrected chi connectivity index (χ1v) is 5.40. The minimum atomic E-state index is -0.930. The van der Waals surface area contributed by atoms with Gasteiger partial charge in [-0.05, 0) is 11.6 Å². The van der Waals surface area contributed by atoms with E-state index < -0.39 is 11.4 Å². The molecule has 1 aromatic carbocycles. The van der Waals surface area contributed by atoms with Crippen LogP contribution >= 0.6 is 0 Å². The van der Waals surface area contributed by atoms with Crippen molar-refractivity contribution < 1.29 is 14.3 Å². The monoisotopic (exact) mass is 235 g/mol. The molecule has 0 aliphatic carbocycles. The molecule has 0 saturated heterocycles. The molecule has 2 rings (SSSR count). The Morgan fingerprint density at radius 2 is 2.12 bits per heavy atom. The zero-order valence-corrected chi connectivity index (χ0v) is 9.75. The topological polar surface area (TPSA) is 53.1 Å². The highest BCUT2D eigenvalue weighted by Crippen LogP contribution is 2.32. The number of carboxylic acids is 1. The molecule has 1 aromatic heterocycles. The Morgan fingerprint density at radius 1 is 1.41 bits per heavy atom. The van der Waals surface area contributed by atoms with Crippen molar-refractivity contribution in [3.63, 3.8) is 0 Å². The Bertz CT molecular complexity index is 572. The predicted octanol–water partition coefficient (Wildman–Crippen LogP) is 3.06. The Kier molecular flexibility index (Phi) is 2.65. The van der Waals surface area contributed by atoms with E-state index in [1.807, 2.05) is 0 Å². The van der Waals surface area contributed by atoms with Crippen molar-refractivity contribution in [1.29, 1.82) is 0 Å². The molecular formula is C13H14FNO2. The van der Waals surface area contributed by atoms with Gasteiger partial charge in [-0.2, -0.15) is 0 Å². The summed E-state index contributed by atoms with van der Waals surface area (Å²) < 4.78 is 14.2. The number of benzene rings is 1. The second kappa shape index (κ2) is 3.87. The fourth-order valence-electron chi connectivity index (χ4n) is 2.09. The maximum absolute atomic E-state index is 14.2. The van der Waals surface area contributed by atoms with Gasteiger partial charge in [0.1, 0.15) is 0 Å². The number of H-pyrrole nitrogens is 1. The zero-order valence-electron chi connectivity index (χ0n) is 9.75. The van der Waals surface area contributed by atoms with Gasteiger partial charge in [-0.3, -0.25) is 4.79 Å². The molecule has 4 heteroatoms. The lowest BCUT2D eigenvalue weighted by molar-refractivity contribution is -0.138. The summed E-state index contributed by atoms with van der Waals surface area (Å²) in [7, 11) is 0. The Hall–Kier alpha value is -1.84. The van der Waals surface area contributed by atoms with E-state index >= 15 is 0 Å². The molecule has 0 fully saturated rings. The molecule has 0 radical (unpaired) electrons. The van der Waals surface area contributed by atoms with Gasteiger partial charge < -0.3 is 10.1 Å². The average molecular weight is 235 g/mol.